The van der Waals surface area contributed by atoms with Gasteiger partial charge < -0.3 is 10.6 Å². The number of anilines is 1. The highest BCUT2D eigenvalue weighted by molar-refractivity contribution is 5.92. The minimum atomic E-state index is -0.0403. The maximum absolute atomic E-state index is 11.9. The fourth-order valence-electron chi connectivity index (χ4n) is 3.21. The number of halogens is 1. The van der Waals surface area contributed by atoms with Crippen LogP contribution in [0.1, 0.15) is 23.6 Å². The monoisotopic (exact) mass is 363 g/mol. The van der Waals surface area contributed by atoms with E-state index >= 15 is 0 Å². The van der Waals surface area contributed by atoms with Crippen LogP contribution in [-0.4, -0.2) is 47.3 Å². The number of amides is 1. The smallest absolute Gasteiger partial charge is 0.239 e. The number of hydrogen-bond donors (Lipinski definition) is 2. The van der Waals surface area contributed by atoms with Crippen molar-refractivity contribution >= 4 is 24.1 Å². The number of aromatic nitrogens is 2. The summed E-state index contributed by atoms with van der Waals surface area (Å²) in [4.78, 5) is 14.4. The predicted molar refractivity (Wildman–Crippen MR) is 102 cm³/mol. The van der Waals surface area contributed by atoms with Crippen molar-refractivity contribution in [3.05, 3.63) is 47.7 Å². The van der Waals surface area contributed by atoms with Gasteiger partial charge in [0.25, 0.3) is 0 Å². The molecule has 2 heterocycles. The highest BCUT2D eigenvalue weighted by atomic mass is 35.5. The van der Waals surface area contributed by atoms with Gasteiger partial charge in [0.05, 0.1) is 18.8 Å². The second kappa shape index (κ2) is 8.99. The lowest BCUT2D eigenvalue weighted by molar-refractivity contribution is -0.115. The molecule has 1 aromatic heterocycles. The van der Waals surface area contributed by atoms with Crippen LogP contribution in [0.5, 0.6) is 0 Å². The van der Waals surface area contributed by atoms with Gasteiger partial charge in [-0.15, -0.1) is 12.4 Å². The highest BCUT2D eigenvalue weighted by Crippen LogP contribution is 2.27. The third-order valence-electron chi connectivity index (χ3n) is 4.42. The van der Waals surface area contributed by atoms with E-state index in [2.05, 4.69) is 44.9 Å². The molecule has 1 aliphatic heterocycles. The first-order valence-corrected chi connectivity index (χ1v) is 8.42. The molecule has 7 heteroatoms. The molecule has 1 unspecified atom stereocenters. The number of carbonyl (C=O) groups excluding carboxylic acids is 1. The molecule has 1 atom stereocenters. The molecule has 0 bridgehead atoms. The summed E-state index contributed by atoms with van der Waals surface area (Å²) in [6, 6.07) is 10.8. The minimum Gasteiger partial charge on any atom is -0.311 e. The van der Waals surface area contributed by atoms with E-state index in [1.54, 1.807) is 7.05 Å². The van der Waals surface area contributed by atoms with Gasteiger partial charge in [-0.05, 0) is 26.0 Å². The van der Waals surface area contributed by atoms with Crippen molar-refractivity contribution in [2.45, 2.75) is 25.9 Å². The van der Waals surface area contributed by atoms with E-state index in [1.807, 2.05) is 23.9 Å². The van der Waals surface area contributed by atoms with Crippen LogP contribution in [0.4, 0.5) is 5.82 Å². The molecule has 1 saturated heterocycles. The molecular formula is C18H26ClN5O. The molecule has 136 valence electrons. The van der Waals surface area contributed by atoms with Crippen molar-refractivity contribution in [1.29, 1.82) is 0 Å². The molecule has 6 nitrogen and oxygen atoms in total. The zero-order valence-electron chi connectivity index (χ0n) is 14.7. The first-order valence-electron chi connectivity index (χ1n) is 8.42. The van der Waals surface area contributed by atoms with Gasteiger partial charge in [0.2, 0.25) is 5.91 Å². The number of aryl methyl sites for hydroxylation is 1. The normalized spacial score (nSPS) is 17.3. The largest absolute Gasteiger partial charge is 0.311 e. The SMILES string of the molecule is CNCC(=O)Nc1c(C)cnn1C1CCN(Cc2ccccc2)C1.Cl. The summed E-state index contributed by atoms with van der Waals surface area (Å²) in [6.07, 6.45) is 2.87. The Hall–Kier alpha value is -1.89. The molecule has 1 fully saturated rings. The standard InChI is InChI=1S/C18H25N5O.ClH/c1-14-10-20-23(18(14)21-17(24)11-19-2)16-8-9-22(13-16)12-15-6-4-3-5-7-15;/h3-7,10,16,19H,8-9,11-13H2,1-2H3,(H,21,24);1H. The molecule has 1 aromatic carbocycles. The van der Waals surface area contributed by atoms with E-state index in [1.165, 1.54) is 5.56 Å². The summed E-state index contributed by atoms with van der Waals surface area (Å²) in [5.74, 6) is 0.781. The Labute approximate surface area is 155 Å². The van der Waals surface area contributed by atoms with Crippen molar-refractivity contribution in [1.82, 2.24) is 20.0 Å². The Balaban J connectivity index is 0.00000225. The van der Waals surface area contributed by atoms with Gasteiger partial charge >= 0.3 is 0 Å². The highest BCUT2D eigenvalue weighted by Gasteiger charge is 2.27. The van der Waals surface area contributed by atoms with E-state index in [9.17, 15) is 4.79 Å². The molecule has 1 aliphatic rings. The van der Waals surface area contributed by atoms with Crippen LogP contribution in [0, 0.1) is 6.92 Å². The molecule has 1 amide bonds. The Bertz CT molecular complexity index is 688. The summed E-state index contributed by atoms with van der Waals surface area (Å²) in [7, 11) is 1.77. The second-order valence-corrected chi connectivity index (χ2v) is 6.36. The summed E-state index contributed by atoms with van der Waals surface area (Å²) < 4.78 is 1.98. The third-order valence-corrected chi connectivity index (χ3v) is 4.42. The number of rotatable bonds is 6. The average Bonchev–Trinajstić information content (AvgIpc) is 3.16. The molecule has 0 radical (unpaired) electrons. The zero-order chi connectivity index (χ0) is 16.9. The number of carbonyl (C=O) groups is 1. The van der Waals surface area contributed by atoms with E-state index in [-0.39, 0.29) is 18.3 Å². The van der Waals surface area contributed by atoms with Crippen LogP contribution in [-0.2, 0) is 11.3 Å². The fraction of sp³-hybridized carbons (Fsp3) is 0.444. The van der Waals surface area contributed by atoms with E-state index < -0.39 is 0 Å². The van der Waals surface area contributed by atoms with Crippen LogP contribution in [0.15, 0.2) is 36.5 Å². The average molecular weight is 364 g/mol. The van der Waals surface area contributed by atoms with Crippen LogP contribution in [0.25, 0.3) is 0 Å². The second-order valence-electron chi connectivity index (χ2n) is 6.36. The minimum absolute atomic E-state index is 0. The zero-order valence-corrected chi connectivity index (χ0v) is 15.6. The predicted octanol–water partition coefficient (Wildman–Crippen LogP) is 2.22. The Kier molecular flexibility index (Phi) is 6.99. The van der Waals surface area contributed by atoms with Crippen LogP contribution in [0.2, 0.25) is 0 Å². The van der Waals surface area contributed by atoms with Crippen LogP contribution >= 0.6 is 12.4 Å². The molecular weight excluding hydrogens is 338 g/mol. The third kappa shape index (κ3) is 4.81. The summed E-state index contributed by atoms with van der Waals surface area (Å²) in [5, 5.41) is 10.4. The van der Waals surface area contributed by atoms with E-state index in [0.29, 0.717) is 12.6 Å². The molecule has 0 aliphatic carbocycles. The molecule has 2 N–H and O–H groups in total. The first kappa shape index (κ1) is 19.4. The molecule has 25 heavy (non-hydrogen) atoms. The number of nitrogens with zero attached hydrogens (tertiary/aromatic N) is 3. The van der Waals surface area contributed by atoms with Gasteiger partial charge in [0.1, 0.15) is 5.82 Å². The van der Waals surface area contributed by atoms with E-state index in [4.69, 9.17) is 0 Å². The summed E-state index contributed by atoms with van der Waals surface area (Å²) in [5.41, 5.74) is 2.33. The van der Waals surface area contributed by atoms with Gasteiger partial charge in [-0.25, -0.2) is 4.68 Å². The van der Waals surface area contributed by atoms with Crippen molar-refractivity contribution in [3.8, 4) is 0 Å². The van der Waals surface area contributed by atoms with E-state index in [0.717, 1.165) is 37.4 Å². The van der Waals surface area contributed by atoms with Crippen LogP contribution < -0.4 is 10.6 Å². The Morgan fingerprint density at radius 3 is 2.80 bits per heavy atom. The van der Waals surface area contributed by atoms with Crippen molar-refractivity contribution in [3.63, 3.8) is 0 Å². The number of likely N-dealkylation sites (N-methyl/N-ethyl adjacent to an activating group) is 1. The van der Waals surface area contributed by atoms with Crippen molar-refractivity contribution < 1.29 is 4.79 Å². The first-order chi connectivity index (χ1) is 11.7. The van der Waals surface area contributed by atoms with Gasteiger partial charge in [0, 0.05) is 25.2 Å². The lowest BCUT2D eigenvalue weighted by atomic mass is 10.2. The lowest BCUT2D eigenvalue weighted by Gasteiger charge is -2.18. The lowest BCUT2D eigenvalue weighted by Crippen LogP contribution is -2.28. The van der Waals surface area contributed by atoms with Crippen molar-refractivity contribution in [2.24, 2.45) is 0 Å². The topological polar surface area (TPSA) is 62.2 Å². The van der Waals surface area contributed by atoms with Crippen molar-refractivity contribution in [2.75, 3.05) is 32.0 Å². The Morgan fingerprint density at radius 2 is 2.08 bits per heavy atom. The summed E-state index contributed by atoms with van der Waals surface area (Å²) in [6.45, 7) is 5.23. The fourth-order valence-corrected chi connectivity index (χ4v) is 3.21. The molecule has 2 aromatic rings. The molecule has 0 spiro atoms. The maximum Gasteiger partial charge on any atom is 0.239 e. The van der Waals surface area contributed by atoms with Gasteiger partial charge in [0.15, 0.2) is 0 Å². The number of nitrogens with one attached hydrogen (secondary N) is 2. The Morgan fingerprint density at radius 1 is 1.32 bits per heavy atom. The van der Waals surface area contributed by atoms with Gasteiger partial charge in [-0.2, -0.15) is 5.10 Å². The number of likely N-dealkylation sites (tertiary alicyclic amines) is 1. The number of benzene rings is 1. The quantitative estimate of drug-likeness (QED) is 0.826. The molecule has 0 saturated carbocycles. The summed E-state index contributed by atoms with van der Waals surface area (Å²) >= 11 is 0. The van der Waals surface area contributed by atoms with Gasteiger partial charge in [-0.1, -0.05) is 30.3 Å². The van der Waals surface area contributed by atoms with Gasteiger partial charge in [-0.3, -0.25) is 9.69 Å². The maximum atomic E-state index is 11.9. The number of hydrogen-bond acceptors (Lipinski definition) is 4. The van der Waals surface area contributed by atoms with Crippen LogP contribution in [0.3, 0.4) is 0 Å². The molecule has 3 rings (SSSR count).